The van der Waals surface area contributed by atoms with Crippen molar-refractivity contribution in [3.05, 3.63) is 24.3 Å². The van der Waals surface area contributed by atoms with Gasteiger partial charge in [0.1, 0.15) is 5.75 Å². The van der Waals surface area contributed by atoms with Crippen molar-refractivity contribution < 1.29 is 31.4 Å². The minimum Gasteiger partial charge on any atom is -0.406 e. The number of nitrogens with one attached hydrogen (secondary N) is 1. The standard InChI is InChI=1S/C14H19F3N2O4S/c15-14(16,17)23-12-1-3-13(4-2-12)24(21,22)19-8-5-11(6-9-19)18-7-10-20/h1-4,11,18,20H,5-10H2. The fraction of sp³-hybridized carbons (Fsp3) is 0.571. The summed E-state index contributed by atoms with van der Waals surface area (Å²) >= 11 is 0. The maximum Gasteiger partial charge on any atom is 0.573 e. The van der Waals surface area contributed by atoms with E-state index in [1.165, 1.54) is 4.31 Å². The lowest BCUT2D eigenvalue weighted by atomic mass is 10.1. The topological polar surface area (TPSA) is 78.9 Å². The van der Waals surface area contributed by atoms with Crippen molar-refractivity contribution in [3.8, 4) is 5.75 Å². The van der Waals surface area contributed by atoms with Crippen molar-refractivity contribution in [1.29, 1.82) is 0 Å². The Morgan fingerprint density at radius 1 is 1.21 bits per heavy atom. The number of nitrogens with zero attached hydrogens (tertiary/aromatic N) is 1. The predicted molar refractivity (Wildman–Crippen MR) is 80.0 cm³/mol. The van der Waals surface area contributed by atoms with Crippen LogP contribution >= 0.6 is 0 Å². The average Bonchev–Trinajstić information content (AvgIpc) is 2.52. The Morgan fingerprint density at radius 2 is 1.79 bits per heavy atom. The van der Waals surface area contributed by atoms with Gasteiger partial charge in [-0.15, -0.1) is 13.2 Å². The van der Waals surface area contributed by atoms with E-state index in [-0.39, 0.29) is 17.5 Å². The molecule has 0 saturated carbocycles. The first kappa shape index (κ1) is 19.0. The van der Waals surface area contributed by atoms with E-state index in [0.717, 1.165) is 24.3 Å². The maximum absolute atomic E-state index is 12.5. The highest BCUT2D eigenvalue weighted by Gasteiger charge is 2.32. The molecular formula is C14H19F3N2O4S. The van der Waals surface area contributed by atoms with Gasteiger partial charge in [0.2, 0.25) is 10.0 Å². The summed E-state index contributed by atoms with van der Waals surface area (Å²) in [5.41, 5.74) is 0. The van der Waals surface area contributed by atoms with E-state index in [2.05, 4.69) is 10.1 Å². The van der Waals surface area contributed by atoms with Crippen molar-refractivity contribution in [1.82, 2.24) is 9.62 Å². The third-order valence-corrected chi connectivity index (χ3v) is 5.61. The van der Waals surface area contributed by atoms with E-state index in [1.807, 2.05) is 0 Å². The van der Waals surface area contributed by atoms with Gasteiger partial charge < -0.3 is 15.2 Å². The Hall–Kier alpha value is -1.36. The number of halogens is 3. The van der Waals surface area contributed by atoms with Crippen molar-refractivity contribution in [2.75, 3.05) is 26.2 Å². The molecule has 2 N–H and O–H groups in total. The SMILES string of the molecule is O=S(=O)(c1ccc(OC(F)(F)F)cc1)N1CCC(NCCO)CC1. The Kier molecular flexibility index (Phi) is 6.07. The number of piperidine rings is 1. The highest BCUT2D eigenvalue weighted by molar-refractivity contribution is 7.89. The van der Waals surface area contributed by atoms with Gasteiger partial charge in [0, 0.05) is 25.7 Å². The number of benzene rings is 1. The van der Waals surface area contributed by atoms with Crippen LogP contribution < -0.4 is 10.1 Å². The first-order chi connectivity index (χ1) is 11.2. The summed E-state index contributed by atoms with van der Waals surface area (Å²) < 4.78 is 66.4. The second kappa shape index (κ2) is 7.68. The summed E-state index contributed by atoms with van der Waals surface area (Å²) in [7, 11) is -3.75. The lowest BCUT2D eigenvalue weighted by molar-refractivity contribution is -0.274. The van der Waals surface area contributed by atoms with Crippen molar-refractivity contribution >= 4 is 10.0 Å². The molecule has 0 radical (unpaired) electrons. The van der Waals surface area contributed by atoms with E-state index < -0.39 is 22.1 Å². The van der Waals surface area contributed by atoms with Crippen LogP contribution in [0.3, 0.4) is 0 Å². The highest BCUT2D eigenvalue weighted by Crippen LogP contribution is 2.26. The van der Waals surface area contributed by atoms with Crippen LogP contribution in [0.4, 0.5) is 13.2 Å². The quantitative estimate of drug-likeness (QED) is 0.792. The molecule has 6 nitrogen and oxygen atoms in total. The van der Waals surface area contributed by atoms with Crippen LogP contribution in [-0.2, 0) is 10.0 Å². The van der Waals surface area contributed by atoms with Crippen molar-refractivity contribution in [2.45, 2.75) is 30.1 Å². The first-order valence-electron chi connectivity index (χ1n) is 7.42. The molecule has 1 aromatic carbocycles. The van der Waals surface area contributed by atoms with Crippen LogP contribution in [-0.4, -0.2) is 56.5 Å². The second-order valence-electron chi connectivity index (χ2n) is 5.38. The summed E-state index contributed by atoms with van der Waals surface area (Å²) in [5.74, 6) is -0.464. The normalized spacial score (nSPS) is 17.8. The number of aliphatic hydroxyl groups is 1. The number of hydrogen-bond acceptors (Lipinski definition) is 5. The van der Waals surface area contributed by atoms with Crippen LogP contribution in [0.5, 0.6) is 5.75 Å². The predicted octanol–water partition coefficient (Wildman–Crippen LogP) is 1.32. The number of hydrogen-bond donors (Lipinski definition) is 2. The fourth-order valence-corrected chi connectivity index (χ4v) is 4.00. The number of rotatable bonds is 6. The summed E-state index contributed by atoms with van der Waals surface area (Å²) in [4.78, 5) is -0.0706. The second-order valence-corrected chi connectivity index (χ2v) is 7.31. The number of alkyl halides is 3. The zero-order valence-corrected chi connectivity index (χ0v) is 13.6. The highest BCUT2D eigenvalue weighted by atomic mass is 32.2. The molecule has 24 heavy (non-hydrogen) atoms. The van der Waals surface area contributed by atoms with E-state index in [9.17, 15) is 21.6 Å². The molecule has 1 aromatic rings. The van der Waals surface area contributed by atoms with Gasteiger partial charge in [-0.2, -0.15) is 4.31 Å². The Labute approximate surface area is 138 Å². The van der Waals surface area contributed by atoms with Gasteiger partial charge in [0.25, 0.3) is 0 Å². The lowest BCUT2D eigenvalue weighted by Gasteiger charge is -2.31. The van der Waals surface area contributed by atoms with E-state index >= 15 is 0 Å². The van der Waals surface area contributed by atoms with Crippen LogP contribution in [0, 0.1) is 0 Å². The molecule has 136 valence electrons. The van der Waals surface area contributed by atoms with Gasteiger partial charge in [-0.1, -0.05) is 0 Å². The van der Waals surface area contributed by atoms with Crippen molar-refractivity contribution in [2.24, 2.45) is 0 Å². The van der Waals surface area contributed by atoms with Gasteiger partial charge >= 0.3 is 6.36 Å². The van der Waals surface area contributed by atoms with Gasteiger partial charge in [0.05, 0.1) is 11.5 Å². The summed E-state index contributed by atoms with van der Waals surface area (Å²) in [6, 6.07) is 4.32. The first-order valence-corrected chi connectivity index (χ1v) is 8.86. The third-order valence-electron chi connectivity index (χ3n) is 3.69. The largest absolute Gasteiger partial charge is 0.573 e. The molecule has 1 aliphatic heterocycles. The van der Waals surface area contributed by atoms with Gasteiger partial charge in [0.15, 0.2) is 0 Å². The maximum atomic E-state index is 12.5. The lowest BCUT2D eigenvalue weighted by Crippen LogP contribution is -2.45. The summed E-state index contributed by atoms with van der Waals surface area (Å²) in [5, 5.41) is 11.9. The molecule has 1 saturated heterocycles. The van der Waals surface area contributed by atoms with Gasteiger partial charge in [-0.05, 0) is 37.1 Å². The smallest absolute Gasteiger partial charge is 0.406 e. The molecule has 0 unspecified atom stereocenters. The summed E-state index contributed by atoms with van der Waals surface area (Å²) in [6.07, 6.45) is -3.60. The van der Waals surface area contributed by atoms with E-state index in [1.54, 1.807) is 0 Å². The van der Waals surface area contributed by atoms with Crippen LogP contribution in [0.25, 0.3) is 0 Å². The Morgan fingerprint density at radius 3 is 2.29 bits per heavy atom. The van der Waals surface area contributed by atoms with E-state index in [4.69, 9.17) is 5.11 Å². The molecular weight excluding hydrogens is 349 g/mol. The molecule has 0 aliphatic carbocycles. The monoisotopic (exact) mass is 368 g/mol. The molecule has 1 aliphatic rings. The molecule has 0 spiro atoms. The Balaban J connectivity index is 2.00. The minimum atomic E-state index is -4.82. The molecule has 0 amide bonds. The summed E-state index contributed by atoms with van der Waals surface area (Å²) in [6.45, 7) is 1.10. The minimum absolute atomic E-state index is 0.0187. The molecule has 2 rings (SSSR count). The zero-order valence-electron chi connectivity index (χ0n) is 12.8. The third kappa shape index (κ3) is 5.07. The molecule has 0 atom stereocenters. The van der Waals surface area contributed by atoms with Gasteiger partial charge in [-0.3, -0.25) is 0 Å². The van der Waals surface area contributed by atoms with Crippen LogP contribution in [0.1, 0.15) is 12.8 Å². The Bertz CT molecular complexity index is 626. The molecule has 1 heterocycles. The number of sulfonamides is 1. The van der Waals surface area contributed by atoms with Crippen LogP contribution in [0.2, 0.25) is 0 Å². The molecule has 0 aromatic heterocycles. The molecule has 10 heteroatoms. The zero-order chi connectivity index (χ0) is 17.8. The average molecular weight is 368 g/mol. The molecule has 0 bridgehead atoms. The molecule has 1 fully saturated rings. The van der Waals surface area contributed by atoms with Crippen molar-refractivity contribution in [3.63, 3.8) is 0 Å². The van der Waals surface area contributed by atoms with E-state index in [0.29, 0.717) is 32.5 Å². The van der Waals surface area contributed by atoms with Gasteiger partial charge in [-0.25, -0.2) is 8.42 Å². The fourth-order valence-electron chi connectivity index (χ4n) is 2.53. The number of ether oxygens (including phenoxy) is 1. The number of aliphatic hydroxyl groups excluding tert-OH is 1. The van der Waals surface area contributed by atoms with Crippen LogP contribution in [0.15, 0.2) is 29.2 Å².